The molecule has 0 rings (SSSR count). The minimum Gasteiger partial charge on any atom is -0.353 e. The minimum atomic E-state index is -0.257. The molecule has 0 radical (unpaired) electrons. The second kappa shape index (κ2) is 15.4. The fourth-order valence-electron chi connectivity index (χ4n) is 2.94. The molecule has 0 aliphatic carbocycles. The summed E-state index contributed by atoms with van der Waals surface area (Å²) in [7, 11) is 0. The fourth-order valence-corrected chi connectivity index (χ4v) is 2.94. The molecule has 0 aromatic heterocycles. The zero-order valence-corrected chi connectivity index (χ0v) is 17.6. The van der Waals surface area contributed by atoms with Gasteiger partial charge in [-0.1, -0.05) is 58.4 Å². The number of rotatable bonds is 15. The summed E-state index contributed by atoms with van der Waals surface area (Å²) in [5.41, 5.74) is 6.33. The summed E-state index contributed by atoms with van der Waals surface area (Å²) in [6.45, 7) is 7.36. The normalized spacial score (nSPS) is 13.7. The number of ketones is 1. The van der Waals surface area contributed by atoms with Crippen molar-refractivity contribution in [3.63, 3.8) is 0 Å². The van der Waals surface area contributed by atoms with Gasteiger partial charge in [0, 0.05) is 31.8 Å². The van der Waals surface area contributed by atoms with E-state index in [1.807, 2.05) is 0 Å². The molecular weight excluding hydrogens is 342 g/mol. The second-order valence-corrected chi connectivity index (χ2v) is 7.23. The predicted molar refractivity (Wildman–Crippen MR) is 110 cm³/mol. The number of unbranched alkanes of at least 4 members (excludes halogenated alkanes) is 4. The molecule has 6 nitrogen and oxygen atoms in total. The van der Waals surface area contributed by atoms with E-state index in [9.17, 15) is 14.4 Å². The quantitative estimate of drug-likeness (QED) is 0.299. The average molecular weight is 382 g/mol. The lowest BCUT2D eigenvalue weighted by atomic mass is 10.0. The summed E-state index contributed by atoms with van der Waals surface area (Å²) >= 11 is 0. The summed E-state index contributed by atoms with van der Waals surface area (Å²) in [4.78, 5) is 36.0. The van der Waals surface area contributed by atoms with Gasteiger partial charge in [-0.05, 0) is 19.8 Å². The lowest BCUT2D eigenvalue weighted by Gasteiger charge is -2.20. The van der Waals surface area contributed by atoms with Gasteiger partial charge in [-0.2, -0.15) is 0 Å². The number of carbonyl (C=O) groups excluding carboxylic acids is 3. The molecule has 0 aromatic carbocycles. The van der Waals surface area contributed by atoms with Crippen LogP contribution < -0.4 is 16.4 Å². The van der Waals surface area contributed by atoms with Crippen molar-refractivity contribution < 1.29 is 14.4 Å². The maximum absolute atomic E-state index is 12.3. The molecule has 0 aliphatic rings. The van der Waals surface area contributed by atoms with Crippen LogP contribution in [-0.2, 0) is 14.4 Å². The molecule has 0 heterocycles. The monoisotopic (exact) mass is 381 g/mol. The van der Waals surface area contributed by atoms with Crippen molar-refractivity contribution in [2.24, 2.45) is 5.73 Å². The number of hydrogen-bond acceptors (Lipinski definition) is 4. The van der Waals surface area contributed by atoms with Crippen molar-refractivity contribution in [2.75, 3.05) is 0 Å². The summed E-state index contributed by atoms with van der Waals surface area (Å²) in [5.74, 6) is -0.547. The zero-order chi connectivity index (χ0) is 20.7. The first kappa shape index (κ1) is 25.3. The van der Waals surface area contributed by atoms with E-state index in [-0.39, 0.29) is 48.2 Å². The molecule has 0 aliphatic heterocycles. The van der Waals surface area contributed by atoms with Crippen molar-refractivity contribution >= 4 is 17.6 Å². The molecular formula is C21H39N3O3. The number of Topliss-reactive ketones (excluding diaryl/α,β-unsaturated/α-hetero) is 1. The van der Waals surface area contributed by atoms with Crippen LogP contribution in [0.3, 0.4) is 0 Å². The van der Waals surface area contributed by atoms with E-state index < -0.39 is 0 Å². The highest BCUT2D eigenvalue weighted by molar-refractivity contribution is 5.97. The van der Waals surface area contributed by atoms with Crippen LogP contribution in [0, 0.1) is 0 Å². The number of allylic oxidation sites excluding steroid dienone is 2. The molecule has 0 spiro atoms. The molecule has 0 bridgehead atoms. The molecule has 0 saturated heterocycles. The van der Waals surface area contributed by atoms with Gasteiger partial charge in [-0.3, -0.25) is 14.4 Å². The van der Waals surface area contributed by atoms with Crippen LogP contribution in [0.2, 0.25) is 0 Å². The Morgan fingerprint density at radius 3 is 2.04 bits per heavy atom. The first-order chi connectivity index (χ1) is 12.8. The first-order valence-corrected chi connectivity index (χ1v) is 10.4. The number of hydrogen-bond donors (Lipinski definition) is 3. The van der Waals surface area contributed by atoms with E-state index >= 15 is 0 Å². The van der Waals surface area contributed by atoms with Gasteiger partial charge in [-0.15, -0.1) is 0 Å². The highest BCUT2D eigenvalue weighted by Gasteiger charge is 2.19. The lowest BCUT2D eigenvalue weighted by Crippen LogP contribution is -2.41. The highest BCUT2D eigenvalue weighted by Crippen LogP contribution is 2.09. The van der Waals surface area contributed by atoms with Gasteiger partial charge in [0.15, 0.2) is 5.78 Å². The Morgan fingerprint density at radius 2 is 1.52 bits per heavy atom. The van der Waals surface area contributed by atoms with Gasteiger partial charge in [0.2, 0.25) is 11.8 Å². The minimum absolute atomic E-state index is 0.105. The molecule has 0 fully saturated rings. The Bertz CT molecular complexity index is 489. The third-order valence-electron chi connectivity index (χ3n) is 4.52. The van der Waals surface area contributed by atoms with Crippen molar-refractivity contribution in [1.82, 2.24) is 10.6 Å². The second-order valence-electron chi connectivity index (χ2n) is 7.23. The molecule has 4 N–H and O–H groups in total. The molecule has 2 amide bonds. The molecule has 27 heavy (non-hydrogen) atoms. The molecule has 2 atom stereocenters. The van der Waals surface area contributed by atoms with E-state index in [2.05, 4.69) is 24.5 Å². The Hall–Kier alpha value is -1.69. The first-order valence-electron chi connectivity index (χ1n) is 10.4. The van der Waals surface area contributed by atoms with Gasteiger partial charge >= 0.3 is 0 Å². The highest BCUT2D eigenvalue weighted by atomic mass is 16.2. The Morgan fingerprint density at radius 1 is 0.926 bits per heavy atom. The van der Waals surface area contributed by atoms with Crippen LogP contribution in [0.1, 0.15) is 91.9 Å². The molecule has 6 heteroatoms. The number of amides is 2. The predicted octanol–water partition coefficient (Wildman–Crippen LogP) is 3.35. The van der Waals surface area contributed by atoms with Gasteiger partial charge in [-0.25, -0.2) is 0 Å². The van der Waals surface area contributed by atoms with E-state index in [0.29, 0.717) is 0 Å². The topological polar surface area (TPSA) is 101 Å². The summed E-state index contributed by atoms with van der Waals surface area (Å²) in [5, 5.41) is 5.60. The Labute approximate surface area is 164 Å². The van der Waals surface area contributed by atoms with Gasteiger partial charge in [0.25, 0.3) is 0 Å². The maximum atomic E-state index is 12.3. The van der Waals surface area contributed by atoms with Gasteiger partial charge in [0.1, 0.15) is 0 Å². The van der Waals surface area contributed by atoms with Crippen molar-refractivity contribution in [3.05, 3.63) is 11.8 Å². The molecule has 0 unspecified atom stereocenters. The number of nitrogens with two attached hydrogens (primary N) is 1. The van der Waals surface area contributed by atoms with E-state index in [1.165, 1.54) is 6.92 Å². The van der Waals surface area contributed by atoms with E-state index in [4.69, 9.17) is 5.73 Å². The third kappa shape index (κ3) is 13.2. The fraction of sp³-hybridized carbons (Fsp3) is 0.762. The standard InChI is InChI=1S/C21H39N3O3/c1-5-8-10-12-17(22)14-20(26)23-18(13-11-9-6-2)15-21(27)24-19(7-3)16(4)25/h7,17-18H,5-6,8-15,22H2,1-4H3,(H,23,26)(H,24,27)/t17-,18-/m0/s1. The van der Waals surface area contributed by atoms with E-state index in [1.54, 1.807) is 13.0 Å². The smallest absolute Gasteiger partial charge is 0.226 e. The average Bonchev–Trinajstić information content (AvgIpc) is 2.59. The SMILES string of the molecule is CC=C(NC(=O)C[C@H](CCCCC)NC(=O)C[C@@H](N)CCCCC)C(C)=O. The maximum Gasteiger partial charge on any atom is 0.226 e. The van der Waals surface area contributed by atoms with Gasteiger partial charge in [0.05, 0.1) is 5.70 Å². The molecule has 156 valence electrons. The van der Waals surface area contributed by atoms with Crippen LogP contribution in [-0.4, -0.2) is 29.7 Å². The summed E-state index contributed by atoms with van der Waals surface area (Å²) in [6.07, 6.45) is 9.95. The van der Waals surface area contributed by atoms with Gasteiger partial charge < -0.3 is 16.4 Å². The van der Waals surface area contributed by atoms with Crippen molar-refractivity contribution in [1.29, 1.82) is 0 Å². The Balaban J connectivity index is 4.62. The molecule has 0 saturated carbocycles. The van der Waals surface area contributed by atoms with Crippen LogP contribution in [0.5, 0.6) is 0 Å². The molecule has 0 aromatic rings. The Kier molecular flexibility index (Phi) is 14.4. The summed E-state index contributed by atoms with van der Waals surface area (Å²) < 4.78 is 0. The van der Waals surface area contributed by atoms with Crippen molar-refractivity contribution in [3.8, 4) is 0 Å². The van der Waals surface area contributed by atoms with E-state index in [0.717, 1.165) is 51.4 Å². The van der Waals surface area contributed by atoms with Crippen LogP contribution >= 0.6 is 0 Å². The van der Waals surface area contributed by atoms with Crippen LogP contribution in [0.4, 0.5) is 0 Å². The zero-order valence-electron chi connectivity index (χ0n) is 17.6. The lowest BCUT2D eigenvalue weighted by molar-refractivity contribution is -0.124. The van der Waals surface area contributed by atoms with Crippen molar-refractivity contribution in [2.45, 2.75) is 104 Å². The third-order valence-corrected chi connectivity index (χ3v) is 4.52. The van der Waals surface area contributed by atoms with Crippen LogP contribution in [0.25, 0.3) is 0 Å². The number of carbonyl (C=O) groups is 3. The largest absolute Gasteiger partial charge is 0.353 e. The summed E-state index contributed by atoms with van der Waals surface area (Å²) in [6, 6.07) is -0.383. The van der Waals surface area contributed by atoms with Crippen LogP contribution in [0.15, 0.2) is 11.8 Å². The number of nitrogens with one attached hydrogen (secondary N) is 2.